The van der Waals surface area contributed by atoms with Crippen molar-refractivity contribution in [2.24, 2.45) is 0 Å². The van der Waals surface area contributed by atoms with Gasteiger partial charge in [0, 0.05) is 13.5 Å². The number of carbonyl (C=O) groups excluding carboxylic acids is 1. The first-order chi connectivity index (χ1) is 10.8. The second-order valence-corrected chi connectivity index (χ2v) is 5.74. The molecule has 5 N–H and O–H groups in total. The summed E-state index contributed by atoms with van der Waals surface area (Å²) in [5.41, 5.74) is 0. The third-order valence-corrected chi connectivity index (χ3v) is 3.51. The highest BCUT2D eigenvalue weighted by molar-refractivity contribution is 5.68. The predicted octanol–water partition coefficient (Wildman–Crippen LogP) is -0.827. The Kier molecular flexibility index (Phi) is 12.2. The molecule has 0 saturated heterocycles. The van der Waals surface area contributed by atoms with E-state index in [2.05, 4.69) is 6.92 Å². The van der Waals surface area contributed by atoms with Gasteiger partial charge in [-0.1, -0.05) is 32.6 Å². The van der Waals surface area contributed by atoms with E-state index in [1.54, 1.807) is 0 Å². The Hall–Kier alpha value is -0.770. The van der Waals surface area contributed by atoms with E-state index >= 15 is 0 Å². The van der Waals surface area contributed by atoms with Crippen LogP contribution in [-0.4, -0.2) is 81.2 Å². The molecule has 8 heteroatoms. The van der Waals surface area contributed by atoms with Crippen molar-refractivity contribution in [1.82, 2.24) is 5.06 Å². The zero-order valence-corrected chi connectivity index (χ0v) is 14.0. The van der Waals surface area contributed by atoms with E-state index in [9.17, 15) is 25.2 Å². The molecule has 138 valence electrons. The van der Waals surface area contributed by atoms with E-state index in [0.717, 1.165) is 37.2 Å². The highest BCUT2D eigenvalue weighted by Crippen LogP contribution is 2.08. The van der Waals surface area contributed by atoms with Gasteiger partial charge < -0.3 is 30.4 Å². The van der Waals surface area contributed by atoms with Crippen molar-refractivity contribution >= 4 is 5.97 Å². The summed E-state index contributed by atoms with van der Waals surface area (Å²) in [4.78, 5) is 16.6. The normalized spacial score (nSPS) is 16.9. The van der Waals surface area contributed by atoms with Gasteiger partial charge in [0.05, 0.1) is 19.3 Å². The highest BCUT2D eigenvalue weighted by Gasteiger charge is 2.31. The number of unbranched alkanes of at least 4 members (excludes halogenated alkanes) is 4. The van der Waals surface area contributed by atoms with Gasteiger partial charge in [0.15, 0.2) is 0 Å². The molecule has 8 nitrogen and oxygen atoms in total. The van der Waals surface area contributed by atoms with Gasteiger partial charge in [-0.3, -0.25) is 4.79 Å². The number of carbonyl (C=O) groups is 1. The van der Waals surface area contributed by atoms with Crippen molar-refractivity contribution in [2.45, 2.75) is 69.9 Å². The predicted molar refractivity (Wildman–Crippen MR) is 83.2 cm³/mol. The summed E-state index contributed by atoms with van der Waals surface area (Å²) in [5, 5.41) is 47.9. The molecule has 0 radical (unpaired) electrons. The second-order valence-electron chi connectivity index (χ2n) is 5.74. The first kappa shape index (κ1) is 22.2. The van der Waals surface area contributed by atoms with Crippen molar-refractivity contribution in [2.75, 3.05) is 20.2 Å². The van der Waals surface area contributed by atoms with Crippen LogP contribution < -0.4 is 0 Å². The standard InChI is InChI=1S/C15H31NO7/c1-3-4-5-6-7-8-13(20)23-16(2)9-11(18)14(21)15(22)12(19)10-17/h11-12,14-15,17-19,21-22H,3-10H2,1-2H3/t11-,12+,14+,15+/m0/s1. The molecule has 0 fully saturated rings. The van der Waals surface area contributed by atoms with E-state index in [1.165, 1.54) is 7.05 Å². The maximum absolute atomic E-state index is 11.6. The molecule has 0 aromatic heterocycles. The number of rotatable bonds is 13. The molecule has 0 rings (SSSR count). The number of hydroxylamine groups is 2. The molecule has 0 heterocycles. The molecule has 0 aliphatic rings. The topological polar surface area (TPSA) is 131 Å². The average Bonchev–Trinajstić information content (AvgIpc) is 2.52. The molecular formula is C15H31NO7. The maximum atomic E-state index is 11.6. The molecular weight excluding hydrogens is 306 g/mol. The smallest absolute Gasteiger partial charge is 0.325 e. The molecule has 0 bridgehead atoms. The first-order valence-corrected chi connectivity index (χ1v) is 8.08. The lowest BCUT2D eigenvalue weighted by Gasteiger charge is -2.27. The van der Waals surface area contributed by atoms with Crippen molar-refractivity contribution in [3.63, 3.8) is 0 Å². The number of aliphatic hydroxyl groups excluding tert-OH is 5. The molecule has 0 saturated carbocycles. The van der Waals surface area contributed by atoms with Crippen LogP contribution in [0.25, 0.3) is 0 Å². The Morgan fingerprint density at radius 2 is 1.57 bits per heavy atom. The quantitative estimate of drug-likeness (QED) is 0.217. The molecule has 0 aromatic carbocycles. The lowest BCUT2D eigenvalue weighted by atomic mass is 10.0. The van der Waals surface area contributed by atoms with Crippen LogP contribution in [0.2, 0.25) is 0 Å². The third-order valence-electron chi connectivity index (χ3n) is 3.51. The summed E-state index contributed by atoms with van der Waals surface area (Å²) in [6, 6.07) is 0. The fourth-order valence-corrected chi connectivity index (χ4v) is 2.06. The Balaban J connectivity index is 4.02. The number of hydrogen-bond acceptors (Lipinski definition) is 8. The average molecular weight is 337 g/mol. The monoisotopic (exact) mass is 337 g/mol. The number of hydrogen-bond donors (Lipinski definition) is 5. The largest absolute Gasteiger partial charge is 0.394 e. The molecule has 0 spiro atoms. The maximum Gasteiger partial charge on any atom is 0.325 e. The summed E-state index contributed by atoms with van der Waals surface area (Å²) in [5.74, 6) is -0.429. The van der Waals surface area contributed by atoms with Crippen LogP contribution in [0.15, 0.2) is 0 Å². The summed E-state index contributed by atoms with van der Waals surface area (Å²) in [6.45, 7) is 1.13. The van der Waals surface area contributed by atoms with Crippen LogP contribution in [0.5, 0.6) is 0 Å². The van der Waals surface area contributed by atoms with Crippen LogP contribution in [0.1, 0.15) is 45.4 Å². The Morgan fingerprint density at radius 1 is 1.00 bits per heavy atom. The lowest BCUT2D eigenvalue weighted by molar-refractivity contribution is -0.196. The molecule has 0 aliphatic carbocycles. The van der Waals surface area contributed by atoms with E-state index in [4.69, 9.17) is 9.94 Å². The number of likely N-dealkylation sites (N-methyl/N-ethyl adjacent to an activating group) is 1. The SMILES string of the molecule is CCCCCCCC(=O)ON(C)C[C@H](O)[C@@H](O)[C@H](O)[C@H](O)CO. The summed E-state index contributed by atoms with van der Waals surface area (Å²) in [7, 11) is 1.42. The third kappa shape index (κ3) is 9.85. The minimum absolute atomic E-state index is 0.238. The van der Waals surface area contributed by atoms with Gasteiger partial charge in [0.2, 0.25) is 0 Å². The van der Waals surface area contributed by atoms with Crippen LogP contribution in [0, 0.1) is 0 Å². The molecule has 0 unspecified atom stereocenters. The van der Waals surface area contributed by atoms with Gasteiger partial charge in [0.1, 0.15) is 18.3 Å². The summed E-state index contributed by atoms with van der Waals surface area (Å²) in [6.07, 6.45) is -1.06. The van der Waals surface area contributed by atoms with Gasteiger partial charge in [-0.05, 0) is 6.42 Å². The molecule has 23 heavy (non-hydrogen) atoms. The minimum Gasteiger partial charge on any atom is -0.394 e. The van der Waals surface area contributed by atoms with Gasteiger partial charge in [-0.25, -0.2) is 0 Å². The Labute approximate surface area is 137 Å². The zero-order chi connectivity index (χ0) is 17.8. The van der Waals surface area contributed by atoms with Gasteiger partial charge in [-0.2, -0.15) is 0 Å². The zero-order valence-electron chi connectivity index (χ0n) is 14.0. The van der Waals surface area contributed by atoms with Crippen LogP contribution in [-0.2, 0) is 9.63 Å². The lowest BCUT2D eigenvalue weighted by Crippen LogP contribution is -2.49. The number of aliphatic hydroxyl groups is 5. The van der Waals surface area contributed by atoms with E-state index in [1.807, 2.05) is 0 Å². The second kappa shape index (κ2) is 12.6. The molecule has 0 aliphatic heterocycles. The molecule has 0 amide bonds. The van der Waals surface area contributed by atoms with Crippen LogP contribution in [0.3, 0.4) is 0 Å². The van der Waals surface area contributed by atoms with E-state index in [0.29, 0.717) is 0 Å². The van der Waals surface area contributed by atoms with Crippen molar-refractivity contribution in [1.29, 1.82) is 0 Å². The van der Waals surface area contributed by atoms with Crippen molar-refractivity contribution in [3.05, 3.63) is 0 Å². The van der Waals surface area contributed by atoms with Gasteiger partial charge in [-0.15, -0.1) is 5.06 Å². The van der Waals surface area contributed by atoms with Crippen LogP contribution >= 0.6 is 0 Å². The van der Waals surface area contributed by atoms with E-state index in [-0.39, 0.29) is 13.0 Å². The van der Waals surface area contributed by atoms with Gasteiger partial charge in [0.25, 0.3) is 0 Å². The minimum atomic E-state index is -1.70. The van der Waals surface area contributed by atoms with Crippen molar-refractivity contribution in [3.8, 4) is 0 Å². The number of nitrogens with zero attached hydrogens (tertiary/aromatic N) is 1. The first-order valence-electron chi connectivity index (χ1n) is 8.08. The van der Waals surface area contributed by atoms with Gasteiger partial charge >= 0.3 is 5.97 Å². The fraction of sp³-hybridized carbons (Fsp3) is 0.933. The molecule has 0 aromatic rings. The molecule has 4 atom stereocenters. The van der Waals surface area contributed by atoms with E-state index < -0.39 is 37.0 Å². The van der Waals surface area contributed by atoms with Crippen LogP contribution in [0.4, 0.5) is 0 Å². The van der Waals surface area contributed by atoms with Crippen molar-refractivity contribution < 1.29 is 35.2 Å². The Bertz CT molecular complexity index is 316. The summed E-state index contributed by atoms with van der Waals surface area (Å²) < 4.78 is 0. The highest BCUT2D eigenvalue weighted by atomic mass is 16.7. The summed E-state index contributed by atoms with van der Waals surface area (Å²) >= 11 is 0. The Morgan fingerprint density at radius 3 is 2.13 bits per heavy atom. The fourth-order valence-electron chi connectivity index (χ4n) is 2.06.